The summed E-state index contributed by atoms with van der Waals surface area (Å²) in [5, 5.41) is 0. The maximum atomic E-state index is 12.8. The Kier molecular flexibility index (Phi) is 5.20. The van der Waals surface area contributed by atoms with E-state index >= 15 is 0 Å². The first kappa shape index (κ1) is 15.9. The van der Waals surface area contributed by atoms with Crippen LogP contribution in [-0.4, -0.2) is 31.2 Å². The van der Waals surface area contributed by atoms with Crippen molar-refractivity contribution in [3.05, 3.63) is 0 Å². The van der Waals surface area contributed by atoms with Crippen LogP contribution < -0.4 is 0 Å². The van der Waals surface area contributed by atoms with E-state index in [1.807, 2.05) is 0 Å². The molecule has 112 valence electrons. The van der Waals surface area contributed by atoms with E-state index in [4.69, 9.17) is 7.85 Å². The number of piperidine rings is 1. The molecule has 1 amide bonds. The molecule has 2 rings (SSSR count). The van der Waals surface area contributed by atoms with E-state index in [0.29, 0.717) is 35.5 Å². The summed E-state index contributed by atoms with van der Waals surface area (Å²) in [7, 11) is 6.15. The Morgan fingerprint density at radius 1 is 1.15 bits per heavy atom. The zero-order valence-electron chi connectivity index (χ0n) is 13.6. The third-order valence-electron chi connectivity index (χ3n) is 5.27. The highest BCUT2D eigenvalue weighted by atomic mass is 16.2. The van der Waals surface area contributed by atoms with Crippen LogP contribution in [0.15, 0.2) is 0 Å². The number of fused-ring (bicyclic) bond motifs is 1. The van der Waals surface area contributed by atoms with Crippen LogP contribution in [0.2, 0.25) is 5.82 Å². The topological polar surface area (TPSA) is 20.3 Å². The van der Waals surface area contributed by atoms with Crippen molar-refractivity contribution in [3.63, 3.8) is 0 Å². The van der Waals surface area contributed by atoms with Crippen molar-refractivity contribution < 1.29 is 4.79 Å². The van der Waals surface area contributed by atoms with Gasteiger partial charge in [0.25, 0.3) is 0 Å². The number of nitrogens with zero attached hydrogens (tertiary/aromatic N) is 1. The number of amides is 1. The second kappa shape index (κ2) is 6.53. The third kappa shape index (κ3) is 3.40. The van der Waals surface area contributed by atoms with Crippen LogP contribution in [0.1, 0.15) is 59.8 Å². The number of hydrogen-bond donors (Lipinski definition) is 0. The van der Waals surface area contributed by atoms with Crippen LogP contribution in [0.25, 0.3) is 0 Å². The third-order valence-corrected chi connectivity index (χ3v) is 5.27. The van der Waals surface area contributed by atoms with E-state index in [-0.39, 0.29) is 5.92 Å². The maximum absolute atomic E-state index is 12.8. The molecule has 1 saturated heterocycles. The summed E-state index contributed by atoms with van der Waals surface area (Å²) in [6.45, 7) is 9.85. The second-order valence-corrected chi connectivity index (χ2v) is 7.66. The quantitative estimate of drug-likeness (QED) is 0.720. The van der Waals surface area contributed by atoms with Crippen molar-refractivity contribution in [2.24, 2.45) is 23.7 Å². The minimum Gasteiger partial charge on any atom is -0.340 e. The lowest BCUT2D eigenvalue weighted by Crippen LogP contribution is -2.53. The van der Waals surface area contributed by atoms with Crippen molar-refractivity contribution in [2.75, 3.05) is 6.54 Å². The van der Waals surface area contributed by atoms with Crippen LogP contribution in [0.4, 0.5) is 0 Å². The van der Waals surface area contributed by atoms with E-state index < -0.39 is 0 Å². The Morgan fingerprint density at radius 2 is 1.80 bits per heavy atom. The van der Waals surface area contributed by atoms with Gasteiger partial charge in [-0.25, -0.2) is 0 Å². The zero-order valence-corrected chi connectivity index (χ0v) is 13.6. The van der Waals surface area contributed by atoms with Gasteiger partial charge in [-0.1, -0.05) is 32.5 Å². The predicted octanol–water partition coefficient (Wildman–Crippen LogP) is 3.66. The summed E-state index contributed by atoms with van der Waals surface area (Å²) in [5.41, 5.74) is 0. The molecule has 4 unspecified atom stereocenters. The largest absolute Gasteiger partial charge is 0.340 e. The van der Waals surface area contributed by atoms with E-state index in [0.717, 1.165) is 32.2 Å². The highest BCUT2D eigenvalue weighted by Gasteiger charge is 2.43. The molecule has 0 spiro atoms. The van der Waals surface area contributed by atoms with Gasteiger partial charge in [0.05, 0.1) is 7.85 Å². The van der Waals surface area contributed by atoms with Crippen LogP contribution in [0.3, 0.4) is 0 Å². The van der Waals surface area contributed by atoms with Crippen molar-refractivity contribution >= 4 is 13.8 Å². The molecule has 0 aromatic carbocycles. The molecule has 0 bridgehead atoms. The number of rotatable bonds is 3. The van der Waals surface area contributed by atoms with E-state index in [1.165, 1.54) is 6.42 Å². The molecule has 2 fully saturated rings. The van der Waals surface area contributed by atoms with Gasteiger partial charge in [0.15, 0.2) is 0 Å². The smallest absolute Gasteiger partial charge is 0.226 e. The summed E-state index contributed by atoms with van der Waals surface area (Å²) in [6, 6.07) is 0.329. The summed E-state index contributed by atoms with van der Waals surface area (Å²) in [4.78, 5) is 14.9. The number of carbonyl (C=O) groups is 1. The average molecular weight is 275 g/mol. The molecule has 0 N–H and O–H groups in total. The van der Waals surface area contributed by atoms with Gasteiger partial charge in [-0.05, 0) is 50.9 Å². The summed E-state index contributed by atoms with van der Waals surface area (Å²) < 4.78 is 0. The molecule has 3 heteroatoms. The highest BCUT2D eigenvalue weighted by Crippen LogP contribution is 2.43. The van der Waals surface area contributed by atoms with Gasteiger partial charge in [-0.2, -0.15) is 0 Å². The predicted molar refractivity (Wildman–Crippen MR) is 84.7 cm³/mol. The number of hydrogen-bond acceptors (Lipinski definition) is 1. The number of carbonyl (C=O) groups excluding carboxylic acids is 1. The summed E-state index contributed by atoms with van der Waals surface area (Å²) >= 11 is 0. The first-order valence-corrected chi connectivity index (χ1v) is 8.46. The summed E-state index contributed by atoms with van der Waals surface area (Å²) in [5.74, 6) is 2.90. The Bertz CT molecular complexity index is 342. The van der Waals surface area contributed by atoms with Gasteiger partial charge in [0.1, 0.15) is 0 Å². The molecule has 20 heavy (non-hydrogen) atoms. The molecular weight excluding hydrogens is 245 g/mol. The monoisotopic (exact) mass is 275 g/mol. The first-order valence-electron chi connectivity index (χ1n) is 8.46. The Labute approximate surface area is 126 Å². The lowest BCUT2D eigenvalue weighted by Gasteiger charge is -2.45. The van der Waals surface area contributed by atoms with Crippen LogP contribution in [0.5, 0.6) is 0 Å². The van der Waals surface area contributed by atoms with E-state index in [1.54, 1.807) is 0 Å². The molecule has 1 aliphatic carbocycles. The van der Waals surface area contributed by atoms with E-state index in [9.17, 15) is 4.79 Å². The first-order chi connectivity index (χ1) is 9.40. The minimum atomic E-state index is 0.239. The normalized spacial score (nSPS) is 35.3. The molecule has 1 saturated carbocycles. The lowest BCUT2D eigenvalue weighted by molar-refractivity contribution is -0.147. The molecule has 2 nitrogen and oxygen atoms in total. The minimum absolute atomic E-state index is 0.239. The van der Waals surface area contributed by atoms with Gasteiger partial charge in [-0.15, -0.1) is 0 Å². The fraction of sp³-hybridized carbons (Fsp3) is 0.941. The summed E-state index contributed by atoms with van der Waals surface area (Å²) in [6.07, 6.45) is 5.52. The number of likely N-dealkylation sites (tertiary alicyclic amines) is 1. The van der Waals surface area contributed by atoms with Crippen molar-refractivity contribution in [2.45, 2.75) is 71.7 Å². The lowest BCUT2D eigenvalue weighted by atomic mass is 9.71. The molecule has 4 atom stereocenters. The molecule has 2 radical (unpaired) electrons. The Hall–Kier alpha value is -0.465. The SMILES string of the molecule is [B]C1CCC2C(=O)N(C(C)C)CC(CC(C)C)C2CC1. The second-order valence-electron chi connectivity index (χ2n) is 7.66. The van der Waals surface area contributed by atoms with Gasteiger partial charge in [0.2, 0.25) is 5.91 Å². The standard InChI is InChI=1S/C17H30BNO/c1-11(2)9-13-10-19(12(3)4)17(20)16-8-6-14(18)5-7-15(13)16/h11-16H,5-10H2,1-4H3. The molecule has 0 aromatic heterocycles. The Morgan fingerprint density at radius 3 is 2.40 bits per heavy atom. The molecule has 0 aromatic rings. The van der Waals surface area contributed by atoms with Gasteiger partial charge >= 0.3 is 0 Å². The maximum Gasteiger partial charge on any atom is 0.226 e. The average Bonchev–Trinajstić information content (AvgIpc) is 2.55. The molecule has 1 aliphatic heterocycles. The highest BCUT2D eigenvalue weighted by molar-refractivity contribution is 6.11. The van der Waals surface area contributed by atoms with Crippen LogP contribution >= 0.6 is 0 Å². The molecular formula is C17H30BNO. The zero-order chi connectivity index (χ0) is 14.9. The fourth-order valence-electron chi connectivity index (χ4n) is 4.24. The molecule has 1 heterocycles. The Balaban J connectivity index is 2.20. The fourth-order valence-corrected chi connectivity index (χ4v) is 4.24. The van der Waals surface area contributed by atoms with Crippen LogP contribution in [0, 0.1) is 23.7 Å². The van der Waals surface area contributed by atoms with Gasteiger partial charge < -0.3 is 4.90 Å². The van der Waals surface area contributed by atoms with Gasteiger partial charge in [-0.3, -0.25) is 4.79 Å². The van der Waals surface area contributed by atoms with Crippen molar-refractivity contribution in [1.29, 1.82) is 0 Å². The molecule has 2 aliphatic rings. The van der Waals surface area contributed by atoms with Crippen molar-refractivity contribution in [3.8, 4) is 0 Å². The van der Waals surface area contributed by atoms with Gasteiger partial charge in [0, 0.05) is 18.5 Å². The van der Waals surface area contributed by atoms with Crippen molar-refractivity contribution in [1.82, 2.24) is 4.90 Å². The van der Waals surface area contributed by atoms with E-state index in [2.05, 4.69) is 32.6 Å². The van der Waals surface area contributed by atoms with Crippen LogP contribution in [-0.2, 0) is 4.79 Å².